The second-order valence-electron chi connectivity index (χ2n) is 10.4. The SMILES string of the molecule is COc1cc(OCCCCC(C)CCCC(C)C)ccc1CCC(N)(CO)CC(C)C. The first-order valence-corrected chi connectivity index (χ1v) is 12.4. The fourth-order valence-electron chi connectivity index (χ4n) is 4.27. The quantitative estimate of drug-likeness (QED) is 0.279. The summed E-state index contributed by atoms with van der Waals surface area (Å²) in [5.74, 6) is 3.77. The Morgan fingerprint density at radius 2 is 1.68 bits per heavy atom. The molecule has 0 bridgehead atoms. The number of nitrogens with two attached hydrogens (primary N) is 1. The van der Waals surface area contributed by atoms with Gasteiger partial charge in [0.1, 0.15) is 11.5 Å². The first kappa shape index (κ1) is 27.8. The lowest BCUT2D eigenvalue weighted by Gasteiger charge is -2.29. The number of rotatable bonds is 17. The molecule has 0 saturated heterocycles. The van der Waals surface area contributed by atoms with Crippen LogP contribution in [0, 0.1) is 17.8 Å². The van der Waals surface area contributed by atoms with Crippen molar-refractivity contribution < 1.29 is 14.6 Å². The van der Waals surface area contributed by atoms with Gasteiger partial charge in [0.05, 0.1) is 20.3 Å². The molecule has 0 amide bonds. The lowest BCUT2D eigenvalue weighted by molar-refractivity contribution is 0.165. The fourth-order valence-corrected chi connectivity index (χ4v) is 4.27. The summed E-state index contributed by atoms with van der Waals surface area (Å²) in [6.07, 6.45) is 9.94. The summed E-state index contributed by atoms with van der Waals surface area (Å²) in [7, 11) is 1.69. The van der Waals surface area contributed by atoms with Gasteiger partial charge in [-0.2, -0.15) is 0 Å². The van der Waals surface area contributed by atoms with Crippen LogP contribution in [0.1, 0.15) is 91.5 Å². The molecule has 31 heavy (non-hydrogen) atoms. The molecule has 0 aliphatic carbocycles. The molecule has 4 nitrogen and oxygen atoms in total. The molecule has 0 spiro atoms. The van der Waals surface area contributed by atoms with Gasteiger partial charge in [-0.05, 0) is 61.5 Å². The summed E-state index contributed by atoms with van der Waals surface area (Å²) in [5.41, 5.74) is 6.97. The number of aliphatic hydroxyl groups is 1. The maximum absolute atomic E-state index is 9.75. The van der Waals surface area contributed by atoms with Gasteiger partial charge in [-0.15, -0.1) is 0 Å². The summed E-state index contributed by atoms with van der Waals surface area (Å²) < 4.78 is 11.6. The van der Waals surface area contributed by atoms with Crippen LogP contribution in [-0.2, 0) is 6.42 Å². The van der Waals surface area contributed by atoms with E-state index in [1.54, 1.807) is 7.11 Å². The number of hydrogen-bond donors (Lipinski definition) is 2. The third kappa shape index (κ3) is 11.8. The highest BCUT2D eigenvalue weighted by Gasteiger charge is 2.25. The second kappa shape index (κ2) is 14.7. The number of aryl methyl sites for hydroxylation is 1. The normalized spacial score (nSPS) is 14.6. The van der Waals surface area contributed by atoms with Crippen molar-refractivity contribution in [3.8, 4) is 11.5 Å². The van der Waals surface area contributed by atoms with Gasteiger partial charge in [0, 0.05) is 11.6 Å². The van der Waals surface area contributed by atoms with Crippen LogP contribution in [0.15, 0.2) is 18.2 Å². The van der Waals surface area contributed by atoms with E-state index in [2.05, 4.69) is 40.7 Å². The van der Waals surface area contributed by atoms with Crippen LogP contribution in [-0.4, -0.2) is 31.0 Å². The lowest BCUT2D eigenvalue weighted by Crippen LogP contribution is -2.45. The van der Waals surface area contributed by atoms with Gasteiger partial charge in [0.25, 0.3) is 0 Å². The van der Waals surface area contributed by atoms with E-state index in [9.17, 15) is 5.11 Å². The van der Waals surface area contributed by atoms with Crippen LogP contribution >= 0.6 is 0 Å². The molecule has 0 aliphatic heterocycles. The highest BCUT2D eigenvalue weighted by molar-refractivity contribution is 5.41. The van der Waals surface area contributed by atoms with Gasteiger partial charge in [-0.25, -0.2) is 0 Å². The monoisotopic (exact) mass is 435 g/mol. The molecule has 3 N–H and O–H groups in total. The van der Waals surface area contributed by atoms with Crippen molar-refractivity contribution in [1.29, 1.82) is 0 Å². The minimum atomic E-state index is -0.541. The van der Waals surface area contributed by atoms with E-state index >= 15 is 0 Å². The Balaban J connectivity index is 2.42. The van der Waals surface area contributed by atoms with E-state index in [0.29, 0.717) is 5.92 Å². The Hall–Kier alpha value is -1.26. The second-order valence-corrected chi connectivity index (χ2v) is 10.4. The molecule has 4 heteroatoms. The zero-order valence-corrected chi connectivity index (χ0v) is 21.1. The largest absolute Gasteiger partial charge is 0.496 e. The summed E-state index contributed by atoms with van der Waals surface area (Å²) in [6, 6.07) is 6.06. The van der Waals surface area contributed by atoms with Crippen molar-refractivity contribution in [2.24, 2.45) is 23.5 Å². The Bertz CT molecular complexity index is 602. The Labute approximate surface area is 191 Å². The van der Waals surface area contributed by atoms with Crippen molar-refractivity contribution in [3.63, 3.8) is 0 Å². The van der Waals surface area contributed by atoms with E-state index < -0.39 is 5.54 Å². The molecule has 0 fully saturated rings. The van der Waals surface area contributed by atoms with Crippen molar-refractivity contribution in [3.05, 3.63) is 23.8 Å². The number of benzene rings is 1. The van der Waals surface area contributed by atoms with Gasteiger partial charge in [-0.3, -0.25) is 0 Å². The summed E-state index contributed by atoms with van der Waals surface area (Å²) in [6.45, 7) is 12.0. The Morgan fingerprint density at radius 3 is 2.29 bits per heavy atom. The third-order valence-electron chi connectivity index (χ3n) is 6.12. The zero-order valence-electron chi connectivity index (χ0n) is 21.1. The van der Waals surface area contributed by atoms with E-state index in [4.69, 9.17) is 15.2 Å². The molecule has 0 saturated carbocycles. The van der Waals surface area contributed by atoms with Gasteiger partial charge in [0.15, 0.2) is 0 Å². The van der Waals surface area contributed by atoms with Gasteiger partial charge in [0.2, 0.25) is 0 Å². The maximum atomic E-state index is 9.75. The molecule has 2 atom stereocenters. The van der Waals surface area contributed by atoms with E-state index in [-0.39, 0.29) is 6.61 Å². The van der Waals surface area contributed by atoms with Crippen LogP contribution in [0.3, 0.4) is 0 Å². The zero-order chi connectivity index (χ0) is 23.3. The number of unbranched alkanes of at least 4 members (excludes halogenated alkanes) is 1. The molecular formula is C27H49NO3. The Morgan fingerprint density at radius 1 is 0.968 bits per heavy atom. The first-order valence-electron chi connectivity index (χ1n) is 12.4. The molecule has 0 aliphatic rings. The standard InChI is InChI=1S/C27H49NO3/c1-21(2)10-9-12-23(5)11-7-8-17-31-25-14-13-24(26(18-25)30-6)15-16-27(28,20-29)19-22(3)4/h13-14,18,21-23,29H,7-12,15-17,19-20,28H2,1-6H3. The highest BCUT2D eigenvalue weighted by atomic mass is 16.5. The molecule has 2 unspecified atom stereocenters. The predicted molar refractivity (Wildman–Crippen MR) is 132 cm³/mol. The van der Waals surface area contributed by atoms with Crippen molar-refractivity contribution in [2.45, 2.75) is 97.9 Å². The number of hydrogen-bond acceptors (Lipinski definition) is 4. The van der Waals surface area contributed by atoms with E-state index in [1.807, 2.05) is 12.1 Å². The van der Waals surface area contributed by atoms with Crippen LogP contribution in [0.25, 0.3) is 0 Å². The van der Waals surface area contributed by atoms with E-state index in [1.165, 1.54) is 32.1 Å². The molecule has 0 aromatic heterocycles. The first-order chi connectivity index (χ1) is 14.7. The maximum Gasteiger partial charge on any atom is 0.125 e. The summed E-state index contributed by atoms with van der Waals surface area (Å²) in [5, 5.41) is 9.75. The summed E-state index contributed by atoms with van der Waals surface area (Å²) in [4.78, 5) is 0. The predicted octanol–water partition coefficient (Wildman–Crippen LogP) is 6.38. The molecule has 1 aromatic rings. The molecule has 1 rings (SSSR count). The number of ether oxygens (including phenoxy) is 2. The summed E-state index contributed by atoms with van der Waals surface area (Å²) >= 11 is 0. The highest BCUT2D eigenvalue weighted by Crippen LogP contribution is 2.28. The van der Waals surface area contributed by atoms with Gasteiger partial charge >= 0.3 is 0 Å². The van der Waals surface area contributed by atoms with Crippen LogP contribution in [0.4, 0.5) is 0 Å². The van der Waals surface area contributed by atoms with Crippen molar-refractivity contribution >= 4 is 0 Å². The molecule has 180 valence electrons. The van der Waals surface area contributed by atoms with Crippen molar-refractivity contribution in [1.82, 2.24) is 0 Å². The number of methoxy groups -OCH3 is 1. The number of aliphatic hydroxyl groups excluding tert-OH is 1. The van der Waals surface area contributed by atoms with Crippen LogP contribution < -0.4 is 15.2 Å². The molecule has 1 aromatic carbocycles. The molecular weight excluding hydrogens is 386 g/mol. The van der Waals surface area contributed by atoms with Crippen molar-refractivity contribution in [2.75, 3.05) is 20.3 Å². The fraction of sp³-hybridized carbons (Fsp3) is 0.778. The van der Waals surface area contributed by atoms with Crippen LogP contribution in [0.2, 0.25) is 0 Å². The van der Waals surface area contributed by atoms with Gasteiger partial charge in [-0.1, -0.05) is 66.4 Å². The Kier molecular flexibility index (Phi) is 13.2. The minimum absolute atomic E-state index is 0.00499. The topological polar surface area (TPSA) is 64.7 Å². The lowest BCUT2D eigenvalue weighted by atomic mass is 9.85. The smallest absolute Gasteiger partial charge is 0.125 e. The average molecular weight is 436 g/mol. The minimum Gasteiger partial charge on any atom is -0.496 e. The molecule has 0 heterocycles. The molecule has 0 radical (unpaired) electrons. The van der Waals surface area contributed by atoms with Gasteiger partial charge < -0.3 is 20.3 Å². The van der Waals surface area contributed by atoms with Crippen LogP contribution in [0.5, 0.6) is 11.5 Å². The average Bonchev–Trinajstić information content (AvgIpc) is 2.71. The third-order valence-corrected chi connectivity index (χ3v) is 6.12. The van der Waals surface area contributed by atoms with E-state index in [0.717, 1.165) is 61.2 Å².